The Morgan fingerprint density at radius 3 is 2.90 bits per heavy atom. The second-order valence-electron chi connectivity index (χ2n) is 4.44. The lowest BCUT2D eigenvalue weighted by atomic mass is 10.1. The largest absolute Gasteiger partial charge is 0.409 e. The quantitative estimate of drug-likeness (QED) is 0.373. The maximum atomic E-state index is 8.93. The standard InChI is InChI=1S/C14H18N4O2/c1-18(7-8-20-2)13-10-5-3-4-6-12(10)16-9-11(13)14(15)17-19/h3-6,9,19H,7-8H2,1-2H3,(H2,15,17). The molecule has 2 rings (SSSR count). The molecular formula is C14H18N4O2. The number of nitrogens with two attached hydrogens (primary N) is 1. The molecule has 20 heavy (non-hydrogen) atoms. The molecule has 0 saturated carbocycles. The van der Waals surface area contributed by atoms with Gasteiger partial charge in [-0.15, -0.1) is 0 Å². The van der Waals surface area contributed by atoms with E-state index in [9.17, 15) is 0 Å². The van der Waals surface area contributed by atoms with Crippen LogP contribution in [-0.2, 0) is 4.74 Å². The molecule has 0 radical (unpaired) electrons. The molecule has 0 bridgehead atoms. The van der Waals surface area contributed by atoms with Gasteiger partial charge in [-0.2, -0.15) is 0 Å². The number of rotatable bonds is 5. The highest BCUT2D eigenvalue weighted by Gasteiger charge is 2.15. The first-order valence-electron chi connectivity index (χ1n) is 6.24. The summed E-state index contributed by atoms with van der Waals surface area (Å²) in [4.78, 5) is 6.36. The van der Waals surface area contributed by atoms with Crippen LogP contribution in [0.1, 0.15) is 5.56 Å². The molecule has 0 unspecified atom stereocenters. The molecule has 106 valence electrons. The van der Waals surface area contributed by atoms with Crippen LogP contribution >= 0.6 is 0 Å². The predicted molar refractivity (Wildman–Crippen MR) is 79.4 cm³/mol. The second kappa shape index (κ2) is 6.21. The van der Waals surface area contributed by atoms with E-state index >= 15 is 0 Å². The Balaban J connectivity index is 2.61. The van der Waals surface area contributed by atoms with Gasteiger partial charge in [0.05, 0.1) is 23.4 Å². The highest BCUT2D eigenvalue weighted by atomic mass is 16.5. The summed E-state index contributed by atoms with van der Waals surface area (Å²) < 4.78 is 5.10. The van der Waals surface area contributed by atoms with Crippen LogP contribution in [0.5, 0.6) is 0 Å². The minimum Gasteiger partial charge on any atom is -0.409 e. The highest BCUT2D eigenvalue weighted by molar-refractivity contribution is 6.08. The van der Waals surface area contributed by atoms with Crippen LogP contribution in [-0.4, -0.2) is 43.3 Å². The maximum Gasteiger partial charge on any atom is 0.173 e. The van der Waals surface area contributed by atoms with Crippen molar-refractivity contribution in [3.8, 4) is 0 Å². The van der Waals surface area contributed by atoms with Gasteiger partial charge in [0.25, 0.3) is 0 Å². The lowest BCUT2D eigenvalue weighted by Gasteiger charge is -2.23. The Kier molecular flexibility index (Phi) is 4.37. The van der Waals surface area contributed by atoms with Crippen molar-refractivity contribution in [2.24, 2.45) is 10.9 Å². The third kappa shape index (κ3) is 2.65. The number of anilines is 1. The summed E-state index contributed by atoms with van der Waals surface area (Å²) in [7, 11) is 3.60. The van der Waals surface area contributed by atoms with Gasteiger partial charge in [-0.1, -0.05) is 23.4 Å². The first kappa shape index (κ1) is 14.1. The van der Waals surface area contributed by atoms with Crippen molar-refractivity contribution >= 4 is 22.4 Å². The summed E-state index contributed by atoms with van der Waals surface area (Å²) in [5, 5.41) is 13.0. The van der Waals surface area contributed by atoms with Crippen molar-refractivity contribution in [2.45, 2.75) is 0 Å². The number of hydrogen-bond donors (Lipinski definition) is 2. The fraction of sp³-hybridized carbons (Fsp3) is 0.286. The van der Waals surface area contributed by atoms with Gasteiger partial charge in [0, 0.05) is 32.3 Å². The van der Waals surface area contributed by atoms with Crippen LogP contribution in [0.2, 0.25) is 0 Å². The molecule has 0 saturated heterocycles. The number of fused-ring (bicyclic) bond motifs is 1. The number of ether oxygens (including phenoxy) is 1. The van der Waals surface area contributed by atoms with Crippen molar-refractivity contribution in [1.29, 1.82) is 0 Å². The number of pyridine rings is 1. The van der Waals surface area contributed by atoms with E-state index in [0.29, 0.717) is 18.7 Å². The fourth-order valence-electron chi connectivity index (χ4n) is 2.12. The normalized spacial score (nSPS) is 11.8. The molecule has 0 spiro atoms. The van der Waals surface area contributed by atoms with Gasteiger partial charge >= 0.3 is 0 Å². The minimum absolute atomic E-state index is 0.0440. The molecule has 6 nitrogen and oxygen atoms in total. The van der Waals surface area contributed by atoms with E-state index in [1.54, 1.807) is 13.3 Å². The van der Waals surface area contributed by atoms with E-state index in [-0.39, 0.29) is 5.84 Å². The van der Waals surface area contributed by atoms with Gasteiger partial charge in [0.1, 0.15) is 0 Å². The number of oxime groups is 1. The summed E-state index contributed by atoms with van der Waals surface area (Å²) in [5.41, 5.74) is 8.10. The van der Waals surface area contributed by atoms with Crippen molar-refractivity contribution in [2.75, 3.05) is 32.2 Å². The van der Waals surface area contributed by atoms with Crippen molar-refractivity contribution < 1.29 is 9.94 Å². The van der Waals surface area contributed by atoms with Gasteiger partial charge in [0.2, 0.25) is 0 Å². The van der Waals surface area contributed by atoms with Crippen LogP contribution in [0.15, 0.2) is 35.6 Å². The molecule has 6 heteroatoms. The van der Waals surface area contributed by atoms with E-state index in [2.05, 4.69) is 10.1 Å². The molecule has 0 aliphatic heterocycles. The Labute approximate surface area is 117 Å². The average molecular weight is 274 g/mol. The van der Waals surface area contributed by atoms with E-state index < -0.39 is 0 Å². The summed E-state index contributed by atoms with van der Waals surface area (Å²) in [5.74, 6) is 0.0440. The second-order valence-corrected chi connectivity index (χ2v) is 4.44. The van der Waals surface area contributed by atoms with E-state index in [1.807, 2.05) is 36.2 Å². The average Bonchev–Trinajstić information content (AvgIpc) is 2.50. The third-order valence-electron chi connectivity index (χ3n) is 3.14. The van der Waals surface area contributed by atoms with E-state index in [0.717, 1.165) is 16.6 Å². The molecule has 3 N–H and O–H groups in total. The number of hydrogen-bond acceptors (Lipinski definition) is 5. The maximum absolute atomic E-state index is 8.93. The van der Waals surface area contributed by atoms with Gasteiger partial charge in [-0.25, -0.2) is 0 Å². The van der Waals surface area contributed by atoms with Crippen molar-refractivity contribution in [3.63, 3.8) is 0 Å². The highest BCUT2D eigenvalue weighted by Crippen LogP contribution is 2.28. The first-order valence-corrected chi connectivity index (χ1v) is 6.24. The molecule has 1 aromatic carbocycles. The monoisotopic (exact) mass is 274 g/mol. The summed E-state index contributed by atoms with van der Waals surface area (Å²) in [6.45, 7) is 1.28. The molecule has 1 aromatic heterocycles. The third-order valence-corrected chi connectivity index (χ3v) is 3.14. The number of amidine groups is 1. The molecule has 0 aliphatic carbocycles. The van der Waals surface area contributed by atoms with Crippen LogP contribution in [0.4, 0.5) is 5.69 Å². The number of aromatic nitrogens is 1. The first-order chi connectivity index (χ1) is 9.69. The van der Waals surface area contributed by atoms with Crippen LogP contribution in [0.25, 0.3) is 10.9 Å². The van der Waals surface area contributed by atoms with Crippen molar-refractivity contribution in [3.05, 3.63) is 36.0 Å². The minimum atomic E-state index is 0.0440. The molecule has 0 aliphatic rings. The molecule has 1 heterocycles. The predicted octanol–water partition coefficient (Wildman–Crippen LogP) is 1.41. The van der Waals surface area contributed by atoms with Crippen molar-refractivity contribution in [1.82, 2.24) is 4.98 Å². The van der Waals surface area contributed by atoms with Crippen LogP contribution < -0.4 is 10.6 Å². The van der Waals surface area contributed by atoms with E-state index in [1.165, 1.54) is 0 Å². The van der Waals surface area contributed by atoms with Gasteiger partial charge in [-0.05, 0) is 6.07 Å². The Morgan fingerprint density at radius 2 is 2.20 bits per heavy atom. The summed E-state index contributed by atoms with van der Waals surface area (Å²) in [6, 6.07) is 7.76. The Morgan fingerprint density at radius 1 is 1.45 bits per heavy atom. The number of benzene rings is 1. The van der Waals surface area contributed by atoms with Gasteiger partial charge in [-0.3, -0.25) is 4.98 Å². The zero-order chi connectivity index (χ0) is 14.5. The fourth-order valence-corrected chi connectivity index (χ4v) is 2.12. The topological polar surface area (TPSA) is 84.0 Å². The summed E-state index contributed by atoms with van der Waals surface area (Å²) in [6.07, 6.45) is 1.62. The molecule has 0 amide bonds. The lowest BCUT2D eigenvalue weighted by Crippen LogP contribution is -2.26. The number of para-hydroxylation sites is 1. The molecule has 0 atom stereocenters. The smallest absolute Gasteiger partial charge is 0.173 e. The van der Waals surface area contributed by atoms with E-state index in [4.69, 9.17) is 15.7 Å². The SMILES string of the molecule is COCCN(C)c1c(C(N)=NO)cnc2ccccc12. The number of likely N-dealkylation sites (N-methyl/N-ethyl adjacent to an activating group) is 1. The summed E-state index contributed by atoms with van der Waals surface area (Å²) >= 11 is 0. The van der Waals surface area contributed by atoms with Gasteiger partial charge in [0.15, 0.2) is 5.84 Å². The Hall–Kier alpha value is -2.34. The van der Waals surface area contributed by atoms with Crippen LogP contribution in [0, 0.1) is 0 Å². The molecule has 0 fully saturated rings. The zero-order valence-electron chi connectivity index (χ0n) is 11.6. The number of nitrogens with zero attached hydrogens (tertiary/aromatic N) is 3. The number of methoxy groups -OCH3 is 1. The zero-order valence-corrected chi connectivity index (χ0v) is 11.6. The molecular weight excluding hydrogens is 256 g/mol. The molecule has 2 aromatic rings. The van der Waals surface area contributed by atoms with Crippen LogP contribution in [0.3, 0.4) is 0 Å². The van der Waals surface area contributed by atoms with Gasteiger partial charge < -0.3 is 20.6 Å². The lowest BCUT2D eigenvalue weighted by molar-refractivity contribution is 0.206. The Bertz CT molecular complexity index is 628.